The van der Waals surface area contributed by atoms with Crippen LogP contribution in [-0.4, -0.2) is 47.0 Å². The third-order valence-corrected chi connectivity index (χ3v) is 8.43. The second kappa shape index (κ2) is 12.4. The Labute approximate surface area is 245 Å². The Balaban J connectivity index is 1.48. The monoisotopic (exact) mass is 574 g/mol. The zero-order chi connectivity index (χ0) is 30.0. The topological polar surface area (TPSA) is 110 Å². The quantitative estimate of drug-likeness (QED) is 0.265. The molecule has 0 saturated carbocycles. The van der Waals surface area contributed by atoms with Crippen molar-refractivity contribution in [3.63, 3.8) is 0 Å². The maximum atomic E-state index is 15.8. The molecule has 1 aromatic carbocycles. The number of amides is 1. The van der Waals surface area contributed by atoms with Crippen molar-refractivity contribution in [2.75, 3.05) is 18.5 Å². The molecule has 2 atom stereocenters. The zero-order valence-corrected chi connectivity index (χ0v) is 24.3. The normalized spacial score (nSPS) is 20.1. The Morgan fingerprint density at radius 1 is 1.19 bits per heavy atom. The summed E-state index contributed by atoms with van der Waals surface area (Å²) in [7, 11) is 0. The van der Waals surface area contributed by atoms with Crippen molar-refractivity contribution in [1.82, 2.24) is 9.97 Å². The highest BCUT2D eigenvalue weighted by Gasteiger charge is 2.34. The van der Waals surface area contributed by atoms with Gasteiger partial charge in [-0.3, -0.25) is 9.78 Å². The van der Waals surface area contributed by atoms with E-state index >= 15 is 8.78 Å². The van der Waals surface area contributed by atoms with Gasteiger partial charge in [0.1, 0.15) is 23.0 Å². The smallest absolute Gasteiger partial charge is 0.274 e. The van der Waals surface area contributed by atoms with Gasteiger partial charge in [0.2, 0.25) is 0 Å². The number of nitrogens with two attached hydrogens (primary N) is 1. The highest BCUT2D eigenvalue weighted by atomic mass is 19.1. The molecule has 3 aromatic rings. The summed E-state index contributed by atoms with van der Waals surface area (Å²) in [5.74, 6) is -1.90. The van der Waals surface area contributed by atoms with Gasteiger partial charge in [0.15, 0.2) is 6.71 Å². The van der Waals surface area contributed by atoms with Crippen molar-refractivity contribution in [3.05, 3.63) is 82.8 Å². The summed E-state index contributed by atoms with van der Waals surface area (Å²) >= 11 is 0. The van der Waals surface area contributed by atoms with Crippen LogP contribution < -0.4 is 16.5 Å². The predicted molar refractivity (Wildman–Crippen MR) is 161 cm³/mol. The molecule has 0 bridgehead atoms. The number of aliphatic hydroxyl groups is 1. The molecule has 220 valence electrons. The fourth-order valence-corrected chi connectivity index (χ4v) is 6.06. The van der Waals surface area contributed by atoms with Crippen LogP contribution in [0.15, 0.2) is 54.4 Å². The minimum atomic E-state index is -1.23. The van der Waals surface area contributed by atoms with Crippen LogP contribution in [0.1, 0.15) is 66.6 Å². The Morgan fingerprint density at radius 2 is 1.95 bits per heavy atom. The van der Waals surface area contributed by atoms with Gasteiger partial charge in [-0.1, -0.05) is 43.7 Å². The number of aromatic nitrogens is 2. The highest BCUT2D eigenvalue weighted by Crippen LogP contribution is 2.37. The van der Waals surface area contributed by atoms with Crippen LogP contribution in [0.25, 0.3) is 11.3 Å². The van der Waals surface area contributed by atoms with Crippen LogP contribution in [0.4, 0.5) is 14.5 Å². The fraction of sp³-hybridized carbons (Fsp3) is 0.406. The molecule has 2 aromatic heterocycles. The number of anilines is 1. The Morgan fingerprint density at radius 3 is 2.67 bits per heavy atom. The largest absolute Gasteiger partial charge is 0.385 e. The molecule has 1 aliphatic heterocycles. The summed E-state index contributed by atoms with van der Waals surface area (Å²) in [5.41, 5.74) is 8.38. The maximum Gasteiger partial charge on any atom is 0.274 e. The van der Waals surface area contributed by atoms with Crippen LogP contribution in [0.5, 0.6) is 0 Å². The van der Waals surface area contributed by atoms with Gasteiger partial charge in [0.25, 0.3) is 5.91 Å². The van der Waals surface area contributed by atoms with Gasteiger partial charge < -0.3 is 20.9 Å². The first kappa shape index (κ1) is 30.0. The molecule has 1 saturated heterocycles. The Bertz CT molecular complexity index is 1510. The van der Waals surface area contributed by atoms with Crippen molar-refractivity contribution in [1.29, 1.82) is 0 Å². The van der Waals surface area contributed by atoms with Crippen LogP contribution in [-0.2, 0) is 10.3 Å². The first-order valence-corrected chi connectivity index (χ1v) is 14.6. The fourth-order valence-electron chi connectivity index (χ4n) is 6.06. The number of allylic oxidation sites excluding steroid dienone is 1. The number of halogens is 2. The van der Waals surface area contributed by atoms with Gasteiger partial charge in [-0.25, -0.2) is 13.8 Å². The Kier molecular flexibility index (Phi) is 8.87. The number of carbonyl (C=O) groups excluding carboxylic acids is 1. The number of benzene rings is 1. The number of carbonyl (C=O) groups is 1. The van der Waals surface area contributed by atoms with Crippen LogP contribution in [0, 0.1) is 11.6 Å². The lowest BCUT2D eigenvalue weighted by Gasteiger charge is -2.33. The molecule has 1 aliphatic carbocycles. The number of ether oxygens (including phenoxy) is 1. The van der Waals surface area contributed by atoms with Crippen molar-refractivity contribution in [2.24, 2.45) is 5.73 Å². The molecule has 10 heteroatoms. The van der Waals surface area contributed by atoms with E-state index in [2.05, 4.69) is 28.3 Å². The second-order valence-electron chi connectivity index (χ2n) is 11.6. The molecule has 42 heavy (non-hydrogen) atoms. The summed E-state index contributed by atoms with van der Waals surface area (Å²) < 4.78 is 36.5. The number of pyridine rings is 2. The van der Waals surface area contributed by atoms with Gasteiger partial charge in [-0.05, 0) is 60.6 Å². The number of hydrogen-bond acceptors (Lipinski definition) is 6. The van der Waals surface area contributed by atoms with E-state index < -0.39 is 23.1 Å². The predicted octanol–water partition coefficient (Wildman–Crippen LogP) is 5.17. The molecule has 0 radical (unpaired) electrons. The average molecular weight is 574 g/mol. The van der Waals surface area contributed by atoms with Crippen molar-refractivity contribution >= 4 is 23.8 Å². The summed E-state index contributed by atoms with van der Waals surface area (Å²) in [6.07, 6.45) is 8.55. The lowest BCUT2D eigenvalue weighted by Crippen LogP contribution is -2.36. The maximum absolute atomic E-state index is 15.8. The molecule has 1 fully saturated rings. The van der Waals surface area contributed by atoms with E-state index in [-0.39, 0.29) is 35.6 Å². The van der Waals surface area contributed by atoms with Gasteiger partial charge in [0, 0.05) is 43.9 Å². The van der Waals surface area contributed by atoms with Crippen molar-refractivity contribution in [2.45, 2.75) is 70.2 Å². The molecule has 5 rings (SSSR count). The van der Waals surface area contributed by atoms with E-state index in [0.717, 1.165) is 30.9 Å². The number of nitrogens with zero attached hydrogens (tertiary/aromatic N) is 2. The van der Waals surface area contributed by atoms with Gasteiger partial charge in [-0.2, -0.15) is 0 Å². The first-order chi connectivity index (χ1) is 20.1. The zero-order valence-electron chi connectivity index (χ0n) is 24.3. The summed E-state index contributed by atoms with van der Waals surface area (Å²) in [4.78, 5) is 22.0. The lowest BCUT2D eigenvalue weighted by molar-refractivity contribution is -0.0680. The molecule has 7 nitrogen and oxygen atoms in total. The van der Waals surface area contributed by atoms with E-state index in [4.69, 9.17) is 10.5 Å². The van der Waals surface area contributed by atoms with E-state index in [1.807, 2.05) is 19.7 Å². The van der Waals surface area contributed by atoms with Crippen LogP contribution in [0.2, 0.25) is 13.6 Å². The van der Waals surface area contributed by atoms with Crippen molar-refractivity contribution < 1.29 is 23.4 Å². The van der Waals surface area contributed by atoms with Gasteiger partial charge >= 0.3 is 0 Å². The minimum Gasteiger partial charge on any atom is -0.385 e. The molecular formula is C32H37BF2N4O3. The average Bonchev–Trinajstić information content (AvgIpc) is 2.97. The Hall–Kier alpha value is -3.47. The number of nitrogens with one attached hydrogen (secondary N) is 1. The number of hydrogen-bond donors (Lipinski definition) is 3. The molecule has 4 N–H and O–H groups in total. The summed E-state index contributed by atoms with van der Waals surface area (Å²) in [5, 5.41) is 14.1. The van der Waals surface area contributed by atoms with Crippen LogP contribution in [0.3, 0.4) is 0 Å². The molecule has 2 unspecified atom stereocenters. The van der Waals surface area contributed by atoms with Gasteiger partial charge in [-0.15, -0.1) is 0 Å². The van der Waals surface area contributed by atoms with E-state index in [9.17, 15) is 9.90 Å². The highest BCUT2D eigenvalue weighted by molar-refractivity contribution is 6.72. The molecule has 0 spiro atoms. The van der Waals surface area contributed by atoms with E-state index in [1.165, 1.54) is 17.7 Å². The van der Waals surface area contributed by atoms with Crippen LogP contribution >= 0.6 is 0 Å². The third kappa shape index (κ3) is 6.16. The number of rotatable bonds is 7. The lowest BCUT2D eigenvalue weighted by atomic mass is 9.47. The minimum absolute atomic E-state index is 0.0197. The first-order valence-electron chi connectivity index (χ1n) is 14.6. The third-order valence-electron chi connectivity index (χ3n) is 8.43. The molecule has 1 amide bonds. The SMILES string of the molecule is CCC1=CC(N)CC(c2ccncc2NC(=O)c2ccc(F)c(-c3c(F)cc(C4(O)CCOCC4)cc3B(C)C)n2)C1. The second-order valence-corrected chi connectivity index (χ2v) is 11.6. The van der Waals surface area contributed by atoms with Crippen molar-refractivity contribution in [3.8, 4) is 11.3 Å². The molecular weight excluding hydrogens is 537 g/mol. The summed E-state index contributed by atoms with van der Waals surface area (Å²) in [6, 6.07) is 7.19. The molecule has 2 aliphatic rings. The summed E-state index contributed by atoms with van der Waals surface area (Å²) in [6.45, 7) is 6.36. The standard InChI is InChI=1S/C32H37BF2N4O3/c1-4-19-13-20(15-22(36)14-19)23-7-10-37-18-28(23)39-31(40)27-6-5-25(34)30(38-27)29-24(33(2)3)16-21(17-26(29)35)32(41)8-11-42-12-9-32/h5-7,10,14,16-18,20,22,41H,4,8-9,11-13,15,36H2,1-3H3,(H,39,40). The van der Waals surface area contributed by atoms with E-state index in [1.54, 1.807) is 18.5 Å². The van der Waals surface area contributed by atoms with E-state index in [0.29, 0.717) is 42.8 Å². The van der Waals surface area contributed by atoms with Gasteiger partial charge in [0.05, 0.1) is 17.5 Å². The molecule has 3 heterocycles.